The molecule has 2 fully saturated rings. The van der Waals surface area contributed by atoms with Crippen molar-refractivity contribution in [2.75, 3.05) is 81.7 Å². The Bertz CT molecular complexity index is 3060. The molecule has 0 bridgehead atoms. The molecule has 17 nitrogen and oxygen atoms in total. The zero-order chi connectivity index (χ0) is 49.4. The first-order valence-corrected chi connectivity index (χ1v) is 27.9. The van der Waals surface area contributed by atoms with Gasteiger partial charge in [0.15, 0.2) is 11.4 Å². The Hall–Kier alpha value is -5.73. The molecule has 3 aromatic carbocycles. The zero-order valence-corrected chi connectivity index (χ0v) is 42.3. The number of benzene rings is 3. The van der Waals surface area contributed by atoms with Crippen LogP contribution in [0.5, 0.6) is 17.2 Å². The molecule has 3 aliphatic heterocycles. The van der Waals surface area contributed by atoms with Crippen molar-refractivity contribution in [3.63, 3.8) is 0 Å². The summed E-state index contributed by atoms with van der Waals surface area (Å²) in [6, 6.07) is 18.7. The molecule has 1 atom stereocenters. The monoisotopic (exact) mass is 1010 g/mol. The van der Waals surface area contributed by atoms with Crippen molar-refractivity contribution >= 4 is 70.9 Å². The number of fused-ring (bicyclic) bond motifs is 2. The van der Waals surface area contributed by atoms with Gasteiger partial charge < -0.3 is 29.6 Å². The lowest BCUT2D eigenvalue weighted by molar-refractivity contribution is -0.384. The summed E-state index contributed by atoms with van der Waals surface area (Å²) in [6.45, 7) is 11.0. The van der Waals surface area contributed by atoms with Gasteiger partial charge in [0.2, 0.25) is 0 Å². The van der Waals surface area contributed by atoms with E-state index in [-0.39, 0.29) is 46.9 Å². The molecule has 1 amide bonds. The number of carbonyl (C=O) groups excluding carboxylic acids is 1. The molecule has 0 saturated carbocycles. The maximum absolute atomic E-state index is 14.1. The van der Waals surface area contributed by atoms with Gasteiger partial charge in [0.05, 0.1) is 33.7 Å². The topological polar surface area (TPSA) is 205 Å². The van der Waals surface area contributed by atoms with Gasteiger partial charge in [-0.3, -0.25) is 24.0 Å². The average molecular weight is 1010 g/mol. The number of piperidine rings is 1. The summed E-state index contributed by atoms with van der Waals surface area (Å²) in [5.74, 6) is -0.557. The summed E-state index contributed by atoms with van der Waals surface area (Å²) < 4.78 is 59.1. The number of allylic oxidation sites excluding steroid dienone is 1. The number of pyridine rings is 1. The zero-order valence-electron chi connectivity index (χ0n) is 39.9. The summed E-state index contributed by atoms with van der Waals surface area (Å²) in [7, 11) is -6.86. The van der Waals surface area contributed by atoms with Gasteiger partial charge in [-0.25, -0.2) is 22.5 Å². The number of piperazine rings is 1. The Morgan fingerprint density at radius 1 is 1.00 bits per heavy atom. The summed E-state index contributed by atoms with van der Waals surface area (Å²) in [5.41, 5.74) is 5.25. The van der Waals surface area contributed by atoms with E-state index in [1.54, 1.807) is 36.9 Å². The van der Waals surface area contributed by atoms with Crippen molar-refractivity contribution in [1.29, 1.82) is 0 Å². The van der Waals surface area contributed by atoms with E-state index >= 15 is 0 Å². The van der Waals surface area contributed by atoms with Crippen molar-refractivity contribution < 1.29 is 31.8 Å². The lowest BCUT2D eigenvalue weighted by Gasteiger charge is -2.39. The minimum absolute atomic E-state index is 0.00837. The number of carbonyl (C=O) groups is 1. The van der Waals surface area contributed by atoms with E-state index in [0.717, 1.165) is 87.0 Å². The summed E-state index contributed by atoms with van der Waals surface area (Å²) in [4.78, 5) is 39.9. The number of nitrogens with one attached hydrogen (secondary N) is 3. The van der Waals surface area contributed by atoms with Gasteiger partial charge in [-0.2, -0.15) is 0 Å². The van der Waals surface area contributed by atoms with Gasteiger partial charge in [-0.15, -0.1) is 0 Å². The number of amides is 1. The number of sulfonamides is 1. The second-order valence-corrected chi connectivity index (χ2v) is 24.6. The van der Waals surface area contributed by atoms with Crippen molar-refractivity contribution in [2.45, 2.75) is 69.4 Å². The van der Waals surface area contributed by atoms with Gasteiger partial charge in [0.1, 0.15) is 23.8 Å². The lowest BCUT2D eigenvalue weighted by atomic mass is 9.72. The molecule has 4 aliphatic rings. The van der Waals surface area contributed by atoms with Gasteiger partial charge in [-0.05, 0) is 91.5 Å². The highest BCUT2D eigenvalue weighted by Gasteiger charge is 2.34. The smallest absolute Gasteiger partial charge is 0.297 e. The number of halogens is 1. The standard InChI is InChI=1S/C50H60ClN9O8S2/c1-50(2)16-11-35(43(29-50)33-5-7-36(51)8-6-33)31-58-21-23-59(24-22-58)39-9-10-42(45(26-39)68-40-25-34-12-17-52-48(34)53-30-40)49(61)56-70(65,66)41-27-44(60(62)63)47-46(28-41)67-32-38(54-47)15-20-57-18-13-37(14-19-57)55-69(3,4)64/h5-10,12,17,25-28,30,37-38,54H,11,13-16,18-24,29,31-32H2,1-4H3,(H,52,53)(H,56,61). The quantitative estimate of drug-likeness (QED) is 0.0705. The van der Waals surface area contributed by atoms with Gasteiger partial charge in [0, 0.05) is 115 Å². The van der Waals surface area contributed by atoms with Crippen molar-refractivity contribution in [2.24, 2.45) is 9.78 Å². The molecule has 20 heteroatoms. The predicted molar refractivity (Wildman–Crippen MR) is 274 cm³/mol. The Kier molecular flexibility index (Phi) is 14.2. The second kappa shape index (κ2) is 20.2. The van der Waals surface area contributed by atoms with Gasteiger partial charge in [0.25, 0.3) is 21.6 Å². The molecule has 70 heavy (non-hydrogen) atoms. The van der Waals surface area contributed by atoms with E-state index in [9.17, 15) is 27.5 Å². The third-order valence-electron chi connectivity index (χ3n) is 13.7. The van der Waals surface area contributed by atoms with Crippen molar-refractivity contribution in [3.8, 4) is 17.2 Å². The molecule has 2 saturated heterocycles. The summed E-state index contributed by atoms with van der Waals surface area (Å²) >= 11 is 6.26. The first-order chi connectivity index (χ1) is 33.3. The Labute approximate surface area is 414 Å². The third kappa shape index (κ3) is 11.7. The molecule has 0 spiro atoms. The fourth-order valence-electron chi connectivity index (χ4n) is 9.89. The van der Waals surface area contributed by atoms with E-state index in [1.165, 1.54) is 35.0 Å². The van der Waals surface area contributed by atoms with Crippen LogP contribution in [-0.2, 0) is 19.8 Å². The minimum atomic E-state index is -4.68. The molecule has 5 aromatic rings. The number of H-pyrrole nitrogens is 1. The van der Waals surface area contributed by atoms with Crippen molar-refractivity contribution in [3.05, 3.63) is 111 Å². The molecular formula is C50H60ClN9O8S2. The number of nitrogens with zero attached hydrogens (tertiary/aromatic N) is 6. The van der Waals surface area contributed by atoms with Crippen LogP contribution in [0.25, 0.3) is 16.6 Å². The van der Waals surface area contributed by atoms with Crippen LogP contribution < -0.4 is 24.4 Å². The highest BCUT2D eigenvalue weighted by atomic mass is 35.5. The van der Waals surface area contributed by atoms with Crippen LogP contribution in [0.2, 0.25) is 5.02 Å². The number of hydrogen-bond donors (Lipinski definition) is 3. The number of aromatic amines is 1. The van der Waals surface area contributed by atoms with Crippen LogP contribution in [0.15, 0.2) is 94.0 Å². The van der Waals surface area contributed by atoms with Crippen LogP contribution in [0, 0.1) is 15.5 Å². The first kappa shape index (κ1) is 49.3. The maximum Gasteiger partial charge on any atom is 0.297 e. The highest BCUT2D eigenvalue weighted by molar-refractivity contribution is 7.92. The van der Waals surface area contributed by atoms with Crippen molar-refractivity contribution in [1.82, 2.24) is 24.5 Å². The second-order valence-electron chi connectivity index (χ2n) is 19.9. The SMILES string of the molecule is CC1(C)CCC(CN2CCN(c3ccc(C(=O)NS(=O)(=O)c4cc5c(c([N+](=O)[O-])c4)NC(CCN4CCC(N=S(C)(C)=O)CC4)CO5)c(Oc4cnc5[nH]ccc5c4)c3)CC2)=C(c2ccc(Cl)cc2)C1. The molecule has 5 heterocycles. The Balaban J connectivity index is 0.899. The highest BCUT2D eigenvalue weighted by Crippen LogP contribution is 2.44. The van der Waals surface area contributed by atoms with E-state index in [0.29, 0.717) is 37.5 Å². The maximum atomic E-state index is 14.1. The molecule has 1 aliphatic carbocycles. The van der Waals surface area contributed by atoms with Crippen LogP contribution in [0.1, 0.15) is 68.3 Å². The van der Waals surface area contributed by atoms with Gasteiger partial charge >= 0.3 is 0 Å². The molecule has 0 radical (unpaired) electrons. The molecule has 1 unspecified atom stereocenters. The molecule has 2 aromatic heterocycles. The normalized spacial score (nSPS) is 19.3. The van der Waals surface area contributed by atoms with Gasteiger partial charge in [-0.1, -0.05) is 43.2 Å². The number of nitro groups is 1. The largest absolute Gasteiger partial charge is 0.489 e. The van der Waals surface area contributed by atoms with Crippen LogP contribution in [0.3, 0.4) is 0 Å². The van der Waals surface area contributed by atoms with Crippen LogP contribution in [-0.4, -0.2) is 127 Å². The fourth-order valence-corrected chi connectivity index (χ4v) is 11.9. The molecule has 3 N–H and O–H groups in total. The Morgan fingerprint density at radius 3 is 2.49 bits per heavy atom. The van der Waals surface area contributed by atoms with Crippen LogP contribution >= 0.6 is 11.6 Å². The average Bonchev–Trinajstić information content (AvgIpc) is 3.79. The number of likely N-dealkylation sites (tertiary alicyclic amines) is 1. The number of hydrogen-bond acceptors (Lipinski definition) is 14. The number of anilines is 2. The fraction of sp³-hybridized carbons (Fsp3) is 0.440. The van der Waals surface area contributed by atoms with E-state index in [1.807, 2.05) is 18.2 Å². The molecule has 372 valence electrons. The first-order valence-electron chi connectivity index (χ1n) is 23.7. The van der Waals surface area contributed by atoms with E-state index in [2.05, 4.69) is 65.0 Å². The summed E-state index contributed by atoms with van der Waals surface area (Å²) in [5, 5.41) is 17.2. The number of ether oxygens (including phenoxy) is 2. The van der Waals surface area contributed by atoms with Crippen LogP contribution in [0.4, 0.5) is 17.1 Å². The third-order valence-corrected chi connectivity index (χ3v) is 16.0. The predicted octanol–water partition coefficient (Wildman–Crippen LogP) is 8.58. The molecule has 9 rings (SSSR count). The number of nitro benzene ring substituents is 1. The van der Waals surface area contributed by atoms with E-state index < -0.39 is 41.2 Å². The lowest BCUT2D eigenvalue weighted by Crippen LogP contribution is -2.47. The summed E-state index contributed by atoms with van der Waals surface area (Å²) in [6.07, 6.45) is 12.0. The Morgan fingerprint density at radius 2 is 1.76 bits per heavy atom. The minimum Gasteiger partial charge on any atom is -0.489 e. The molecular weight excluding hydrogens is 954 g/mol. The number of aromatic nitrogens is 2. The number of rotatable bonds is 14. The van der Waals surface area contributed by atoms with E-state index in [4.69, 9.17) is 21.1 Å².